The lowest BCUT2D eigenvalue weighted by Gasteiger charge is -2.00. The van der Waals surface area contributed by atoms with Gasteiger partial charge in [0.05, 0.1) is 0 Å². The molecular weight excluding hydrogens is 110 g/mol. The van der Waals surface area contributed by atoms with Crippen LogP contribution >= 0.6 is 0 Å². The molecule has 1 unspecified atom stereocenters. The number of aliphatic imine (C=N–C) groups is 1. The summed E-state index contributed by atoms with van der Waals surface area (Å²) < 4.78 is 0. The van der Waals surface area contributed by atoms with Crippen molar-refractivity contribution in [3.8, 4) is 12.3 Å². The summed E-state index contributed by atoms with van der Waals surface area (Å²) >= 11 is 0. The van der Waals surface area contributed by atoms with Gasteiger partial charge in [-0.2, -0.15) is 0 Å². The van der Waals surface area contributed by atoms with Crippen molar-refractivity contribution in [3.05, 3.63) is 11.8 Å². The van der Waals surface area contributed by atoms with Crippen molar-refractivity contribution in [1.82, 2.24) is 0 Å². The van der Waals surface area contributed by atoms with Crippen LogP contribution in [0, 0.1) is 18.3 Å². The van der Waals surface area contributed by atoms with E-state index in [-0.39, 0.29) is 5.92 Å². The summed E-state index contributed by atoms with van der Waals surface area (Å²) in [6.45, 7) is 2.01. The Hall–Kier alpha value is -1.03. The van der Waals surface area contributed by atoms with Gasteiger partial charge in [-0.05, 0) is 12.5 Å². The minimum Gasteiger partial charge on any atom is -0.269 e. The monoisotopic (exact) mass is 119 g/mol. The molecule has 0 saturated heterocycles. The zero-order chi connectivity index (χ0) is 6.69. The number of rotatable bonds is 1. The van der Waals surface area contributed by atoms with Gasteiger partial charge in [0.15, 0.2) is 0 Å². The van der Waals surface area contributed by atoms with E-state index in [9.17, 15) is 0 Å². The quantitative estimate of drug-likeness (QED) is 0.465. The van der Waals surface area contributed by atoms with Gasteiger partial charge in [-0.15, -0.1) is 6.42 Å². The molecule has 0 aromatic carbocycles. The molecule has 1 aliphatic rings. The van der Waals surface area contributed by atoms with E-state index < -0.39 is 0 Å². The number of hydrogen-bond donors (Lipinski definition) is 0. The summed E-state index contributed by atoms with van der Waals surface area (Å²) in [5.41, 5.74) is 1.25. The smallest absolute Gasteiger partial charge is 0.0402 e. The second-order valence-corrected chi connectivity index (χ2v) is 2.13. The summed E-state index contributed by atoms with van der Waals surface area (Å²) in [5.74, 6) is 2.92. The maximum Gasteiger partial charge on any atom is 0.0402 e. The predicted octanol–water partition coefficient (Wildman–Crippen LogP) is 1.61. The summed E-state index contributed by atoms with van der Waals surface area (Å²) in [6.07, 6.45) is 9.87. The van der Waals surface area contributed by atoms with Crippen LogP contribution in [-0.4, -0.2) is 6.21 Å². The lowest BCUT2D eigenvalue weighted by atomic mass is 10.0. The molecule has 0 amide bonds. The SMILES string of the molecule is C#CC(C)C1=CN=CC1. The third-order valence-corrected chi connectivity index (χ3v) is 1.48. The molecule has 1 heteroatoms. The fourth-order valence-corrected chi connectivity index (χ4v) is 0.755. The second kappa shape index (κ2) is 2.50. The minimum absolute atomic E-state index is 0.257. The van der Waals surface area contributed by atoms with Crippen molar-refractivity contribution in [2.75, 3.05) is 0 Å². The molecule has 0 aromatic rings. The molecule has 0 aromatic heterocycles. The highest BCUT2D eigenvalue weighted by Gasteiger charge is 2.05. The molecule has 0 spiro atoms. The first kappa shape index (κ1) is 6.10. The molecule has 0 bridgehead atoms. The molecular formula is C8H9N. The number of nitrogens with zero attached hydrogens (tertiary/aromatic N) is 1. The second-order valence-electron chi connectivity index (χ2n) is 2.13. The molecule has 1 nitrogen and oxygen atoms in total. The zero-order valence-corrected chi connectivity index (χ0v) is 5.46. The first-order chi connectivity index (χ1) is 4.34. The van der Waals surface area contributed by atoms with Crippen molar-refractivity contribution in [3.63, 3.8) is 0 Å². The van der Waals surface area contributed by atoms with E-state index in [0.717, 1.165) is 6.42 Å². The van der Waals surface area contributed by atoms with Gasteiger partial charge in [0.25, 0.3) is 0 Å². The standard InChI is InChI=1S/C8H9N/c1-3-7(2)8-4-5-9-6-8/h1,5-7H,4H2,2H3. The maximum absolute atomic E-state index is 5.21. The van der Waals surface area contributed by atoms with Crippen molar-refractivity contribution >= 4 is 6.21 Å². The Bertz CT molecular complexity index is 193. The molecule has 0 radical (unpaired) electrons. The minimum atomic E-state index is 0.257. The Morgan fingerprint density at radius 3 is 3.11 bits per heavy atom. The average molecular weight is 119 g/mol. The lowest BCUT2D eigenvalue weighted by molar-refractivity contribution is 0.882. The zero-order valence-electron chi connectivity index (χ0n) is 5.46. The summed E-state index contributed by atoms with van der Waals surface area (Å²) in [4.78, 5) is 3.95. The van der Waals surface area contributed by atoms with Gasteiger partial charge in [0.1, 0.15) is 0 Å². The molecule has 0 fully saturated rings. The molecule has 0 saturated carbocycles. The number of hydrogen-bond acceptors (Lipinski definition) is 1. The Labute approximate surface area is 55.5 Å². The fourth-order valence-electron chi connectivity index (χ4n) is 0.755. The van der Waals surface area contributed by atoms with Crippen LogP contribution in [0.5, 0.6) is 0 Å². The Balaban J connectivity index is 2.57. The molecule has 9 heavy (non-hydrogen) atoms. The van der Waals surface area contributed by atoms with Crippen LogP contribution in [0.3, 0.4) is 0 Å². The van der Waals surface area contributed by atoms with Crippen LogP contribution in [-0.2, 0) is 0 Å². The van der Waals surface area contributed by atoms with Gasteiger partial charge >= 0.3 is 0 Å². The van der Waals surface area contributed by atoms with Crippen molar-refractivity contribution in [2.24, 2.45) is 10.9 Å². The van der Waals surface area contributed by atoms with E-state index in [1.807, 2.05) is 19.3 Å². The Morgan fingerprint density at radius 1 is 1.89 bits per heavy atom. The highest BCUT2D eigenvalue weighted by atomic mass is 14.7. The lowest BCUT2D eigenvalue weighted by Crippen LogP contribution is -1.92. The summed E-state index contributed by atoms with van der Waals surface area (Å²) in [6, 6.07) is 0. The fraction of sp³-hybridized carbons (Fsp3) is 0.375. The highest BCUT2D eigenvalue weighted by Crippen LogP contribution is 2.15. The third-order valence-electron chi connectivity index (χ3n) is 1.48. The third kappa shape index (κ3) is 1.20. The predicted molar refractivity (Wildman–Crippen MR) is 39.2 cm³/mol. The van der Waals surface area contributed by atoms with Crippen LogP contribution in [0.2, 0.25) is 0 Å². The van der Waals surface area contributed by atoms with Gasteiger partial charge in [-0.1, -0.05) is 5.92 Å². The van der Waals surface area contributed by atoms with Crippen LogP contribution < -0.4 is 0 Å². The largest absolute Gasteiger partial charge is 0.269 e. The molecule has 1 aliphatic heterocycles. The van der Waals surface area contributed by atoms with Crippen LogP contribution in [0.4, 0.5) is 0 Å². The van der Waals surface area contributed by atoms with Crippen molar-refractivity contribution in [2.45, 2.75) is 13.3 Å². The molecule has 1 heterocycles. The molecule has 0 N–H and O–H groups in total. The van der Waals surface area contributed by atoms with Gasteiger partial charge in [-0.3, -0.25) is 4.99 Å². The van der Waals surface area contributed by atoms with E-state index in [2.05, 4.69) is 10.9 Å². The topological polar surface area (TPSA) is 12.4 Å². The molecule has 1 atom stereocenters. The van der Waals surface area contributed by atoms with Gasteiger partial charge in [0.2, 0.25) is 0 Å². The molecule has 1 rings (SSSR count). The van der Waals surface area contributed by atoms with E-state index in [0.29, 0.717) is 0 Å². The first-order valence-corrected chi connectivity index (χ1v) is 3.01. The summed E-state index contributed by atoms with van der Waals surface area (Å²) in [7, 11) is 0. The average Bonchev–Trinajstić information content (AvgIpc) is 2.37. The number of terminal acetylenes is 1. The van der Waals surface area contributed by atoms with Crippen molar-refractivity contribution < 1.29 is 0 Å². The van der Waals surface area contributed by atoms with E-state index in [1.165, 1.54) is 5.57 Å². The Kier molecular flexibility index (Phi) is 1.69. The Morgan fingerprint density at radius 2 is 2.67 bits per heavy atom. The van der Waals surface area contributed by atoms with Gasteiger partial charge in [-0.25, -0.2) is 0 Å². The highest BCUT2D eigenvalue weighted by molar-refractivity contribution is 5.65. The summed E-state index contributed by atoms with van der Waals surface area (Å²) in [5, 5.41) is 0. The van der Waals surface area contributed by atoms with Crippen LogP contribution in [0.15, 0.2) is 16.8 Å². The van der Waals surface area contributed by atoms with Gasteiger partial charge < -0.3 is 0 Å². The molecule has 46 valence electrons. The first-order valence-electron chi connectivity index (χ1n) is 3.01. The number of allylic oxidation sites excluding steroid dienone is 1. The van der Waals surface area contributed by atoms with Crippen LogP contribution in [0.1, 0.15) is 13.3 Å². The van der Waals surface area contributed by atoms with Gasteiger partial charge in [0, 0.05) is 24.8 Å². The molecule has 0 aliphatic carbocycles. The van der Waals surface area contributed by atoms with Crippen LogP contribution in [0.25, 0.3) is 0 Å². The van der Waals surface area contributed by atoms with E-state index in [1.54, 1.807) is 0 Å². The van der Waals surface area contributed by atoms with Crippen molar-refractivity contribution in [1.29, 1.82) is 0 Å². The normalized spacial score (nSPS) is 18.9. The maximum atomic E-state index is 5.21. The van der Waals surface area contributed by atoms with E-state index >= 15 is 0 Å². The van der Waals surface area contributed by atoms with E-state index in [4.69, 9.17) is 6.42 Å².